The van der Waals surface area contributed by atoms with Crippen LogP contribution in [0.3, 0.4) is 0 Å². The predicted octanol–water partition coefficient (Wildman–Crippen LogP) is 1.19. The van der Waals surface area contributed by atoms with Gasteiger partial charge < -0.3 is 10.5 Å². The minimum Gasteiger partial charge on any atom is -0.454 e. The lowest BCUT2D eigenvalue weighted by Gasteiger charge is -2.12. The van der Waals surface area contributed by atoms with Crippen molar-refractivity contribution in [2.24, 2.45) is 0 Å². The molecule has 138 valence electrons. The van der Waals surface area contributed by atoms with E-state index in [1.807, 2.05) is 19.9 Å². The van der Waals surface area contributed by atoms with E-state index in [4.69, 9.17) is 10.5 Å². The lowest BCUT2D eigenvalue weighted by atomic mass is 10.0. The molecule has 1 heterocycles. The molecule has 0 fully saturated rings. The van der Waals surface area contributed by atoms with Gasteiger partial charge in [0.25, 0.3) is 5.56 Å². The molecule has 0 aliphatic heterocycles. The van der Waals surface area contributed by atoms with Crippen molar-refractivity contribution in [3.8, 4) is 0 Å². The first-order chi connectivity index (χ1) is 12.3. The number of aromatic nitrogens is 2. The van der Waals surface area contributed by atoms with Crippen molar-refractivity contribution >= 4 is 17.6 Å². The van der Waals surface area contributed by atoms with E-state index in [-0.39, 0.29) is 17.9 Å². The molecular weight excluding hydrogens is 338 g/mol. The maximum atomic E-state index is 12.3. The summed E-state index contributed by atoms with van der Waals surface area (Å²) in [5.41, 5.74) is 5.86. The Hall–Kier alpha value is -3.16. The van der Waals surface area contributed by atoms with Gasteiger partial charge in [-0.1, -0.05) is 19.1 Å². The third-order valence-corrected chi connectivity index (χ3v) is 4.12. The Morgan fingerprint density at radius 3 is 2.58 bits per heavy atom. The fraction of sp³-hybridized carbons (Fsp3) is 0.333. The average Bonchev–Trinajstić information content (AvgIpc) is 2.58. The monoisotopic (exact) mass is 359 g/mol. The minimum atomic E-state index is -0.896. The maximum Gasteiger partial charge on any atom is 0.338 e. The minimum absolute atomic E-state index is 0.228. The van der Waals surface area contributed by atoms with Crippen molar-refractivity contribution in [1.29, 1.82) is 0 Å². The second-order valence-electron chi connectivity index (χ2n) is 5.92. The largest absolute Gasteiger partial charge is 0.454 e. The number of anilines is 1. The molecule has 0 saturated carbocycles. The van der Waals surface area contributed by atoms with E-state index < -0.39 is 29.6 Å². The molecule has 2 aromatic rings. The van der Waals surface area contributed by atoms with Gasteiger partial charge >= 0.3 is 11.7 Å². The van der Waals surface area contributed by atoms with Crippen molar-refractivity contribution in [3.63, 3.8) is 0 Å². The number of carbonyl (C=O) groups is 2. The number of carbonyl (C=O) groups excluding carboxylic acids is 2. The van der Waals surface area contributed by atoms with Crippen molar-refractivity contribution < 1.29 is 14.3 Å². The van der Waals surface area contributed by atoms with Gasteiger partial charge in [-0.25, -0.2) is 9.59 Å². The Labute approximate surface area is 149 Å². The highest BCUT2D eigenvalue weighted by atomic mass is 16.5. The number of aryl methyl sites for hydroxylation is 1. The highest BCUT2D eigenvalue weighted by molar-refractivity contribution is 6.02. The van der Waals surface area contributed by atoms with Crippen LogP contribution in [-0.4, -0.2) is 27.9 Å². The number of ether oxygens (including phenoxy) is 1. The first-order valence-corrected chi connectivity index (χ1v) is 8.17. The number of nitrogens with two attached hydrogens (primary N) is 1. The van der Waals surface area contributed by atoms with Gasteiger partial charge in [-0.2, -0.15) is 0 Å². The molecule has 0 aliphatic rings. The Balaban J connectivity index is 2.24. The molecule has 0 bridgehead atoms. The number of benzene rings is 1. The summed E-state index contributed by atoms with van der Waals surface area (Å²) in [7, 11) is 0. The second kappa shape index (κ2) is 7.81. The number of nitrogens with zero attached hydrogens (tertiary/aromatic N) is 1. The topological polar surface area (TPSA) is 124 Å². The van der Waals surface area contributed by atoms with Crippen molar-refractivity contribution in [1.82, 2.24) is 9.55 Å². The van der Waals surface area contributed by atoms with Crippen LogP contribution in [-0.2, 0) is 11.3 Å². The van der Waals surface area contributed by atoms with Crippen LogP contribution < -0.4 is 17.0 Å². The molecule has 0 atom stereocenters. The molecule has 8 nitrogen and oxygen atoms in total. The van der Waals surface area contributed by atoms with Gasteiger partial charge in [-0.15, -0.1) is 0 Å². The first-order valence-electron chi connectivity index (χ1n) is 8.17. The van der Waals surface area contributed by atoms with Crippen LogP contribution in [0.15, 0.2) is 27.8 Å². The molecule has 0 aliphatic carbocycles. The van der Waals surface area contributed by atoms with Gasteiger partial charge in [0.05, 0.1) is 5.56 Å². The van der Waals surface area contributed by atoms with Crippen molar-refractivity contribution in [2.45, 2.75) is 33.7 Å². The van der Waals surface area contributed by atoms with Crippen LogP contribution in [0.25, 0.3) is 0 Å². The van der Waals surface area contributed by atoms with Crippen molar-refractivity contribution in [3.05, 3.63) is 61.3 Å². The summed E-state index contributed by atoms with van der Waals surface area (Å²) in [6.07, 6.45) is 0.589. The van der Waals surface area contributed by atoms with E-state index in [9.17, 15) is 19.2 Å². The Kier molecular flexibility index (Phi) is 5.76. The van der Waals surface area contributed by atoms with E-state index in [1.54, 1.807) is 19.1 Å². The highest BCUT2D eigenvalue weighted by Crippen LogP contribution is 2.14. The molecule has 0 amide bonds. The summed E-state index contributed by atoms with van der Waals surface area (Å²) in [6.45, 7) is 5.06. The zero-order chi connectivity index (χ0) is 19.4. The summed E-state index contributed by atoms with van der Waals surface area (Å²) in [6, 6.07) is 5.16. The van der Waals surface area contributed by atoms with Crippen LogP contribution in [0.5, 0.6) is 0 Å². The summed E-state index contributed by atoms with van der Waals surface area (Å²) in [5.74, 6) is -1.67. The Morgan fingerprint density at radius 1 is 1.23 bits per heavy atom. The summed E-state index contributed by atoms with van der Waals surface area (Å²) in [5, 5.41) is 0. The molecule has 0 unspecified atom stereocenters. The molecule has 26 heavy (non-hydrogen) atoms. The second-order valence-corrected chi connectivity index (χ2v) is 5.92. The number of nitrogen functional groups attached to an aromatic ring is 1. The fourth-order valence-corrected chi connectivity index (χ4v) is 2.56. The van der Waals surface area contributed by atoms with Crippen LogP contribution in [0.1, 0.15) is 45.2 Å². The SMILES string of the molecule is CCCn1c(N)c(C(=O)COC(=O)c2cccc(C)c2C)c(=O)[nH]c1=O. The molecular formula is C18H21N3O5. The number of Topliss-reactive ketones (excluding diaryl/α,β-unsaturated/α-hetero) is 1. The number of esters is 1. The van der Waals surface area contributed by atoms with Gasteiger partial charge in [0, 0.05) is 6.54 Å². The molecule has 0 saturated heterocycles. The van der Waals surface area contributed by atoms with Crippen LogP contribution in [0.4, 0.5) is 5.82 Å². The fourth-order valence-electron chi connectivity index (χ4n) is 2.56. The van der Waals surface area contributed by atoms with E-state index in [0.29, 0.717) is 12.0 Å². The van der Waals surface area contributed by atoms with Crippen molar-refractivity contribution in [2.75, 3.05) is 12.3 Å². The van der Waals surface area contributed by atoms with E-state index in [0.717, 1.165) is 15.7 Å². The normalized spacial score (nSPS) is 10.6. The number of nitrogens with one attached hydrogen (secondary N) is 1. The zero-order valence-electron chi connectivity index (χ0n) is 14.9. The van der Waals surface area contributed by atoms with Crippen LogP contribution in [0, 0.1) is 13.8 Å². The third kappa shape index (κ3) is 3.74. The molecule has 0 spiro atoms. The average molecular weight is 359 g/mol. The van der Waals surface area contributed by atoms with Gasteiger partial charge in [0.15, 0.2) is 6.61 Å². The number of hydrogen-bond acceptors (Lipinski definition) is 6. The molecule has 8 heteroatoms. The Morgan fingerprint density at radius 2 is 1.92 bits per heavy atom. The zero-order valence-corrected chi connectivity index (χ0v) is 14.9. The lowest BCUT2D eigenvalue weighted by molar-refractivity contribution is 0.0473. The van der Waals surface area contributed by atoms with Gasteiger partial charge in [0.2, 0.25) is 5.78 Å². The van der Waals surface area contributed by atoms with Crippen LogP contribution in [0.2, 0.25) is 0 Å². The highest BCUT2D eigenvalue weighted by Gasteiger charge is 2.21. The van der Waals surface area contributed by atoms with E-state index >= 15 is 0 Å². The molecule has 0 radical (unpaired) electrons. The molecule has 1 aromatic heterocycles. The van der Waals surface area contributed by atoms with Crippen LogP contribution >= 0.6 is 0 Å². The predicted molar refractivity (Wildman–Crippen MR) is 96.6 cm³/mol. The van der Waals surface area contributed by atoms with E-state index in [1.165, 1.54) is 0 Å². The number of aromatic amines is 1. The number of rotatable bonds is 6. The number of hydrogen-bond donors (Lipinski definition) is 2. The summed E-state index contributed by atoms with van der Waals surface area (Å²) >= 11 is 0. The number of ketones is 1. The first kappa shape index (κ1) is 19.2. The quantitative estimate of drug-likeness (QED) is 0.589. The van der Waals surface area contributed by atoms with Gasteiger partial charge in [-0.3, -0.25) is 19.1 Å². The van der Waals surface area contributed by atoms with E-state index in [2.05, 4.69) is 4.98 Å². The summed E-state index contributed by atoms with van der Waals surface area (Å²) < 4.78 is 6.15. The summed E-state index contributed by atoms with van der Waals surface area (Å²) in [4.78, 5) is 50.3. The third-order valence-electron chi connectivity index (χ3n) is 4.12. The Bertz CT molecular complexity index is 972. The number of H-pyrrole nitrogens is 1. The lowest BCUT2D eigenvalue weighted by Crippen LogP contribution is -2.37. The standard InChI is InChI=1S/C18H21N3O5/c1-4-8-21-15(19)14(16(23)20-18(21)25)13(22)9-26-17(24)12-7-5-6-10(2)11(12)3/h5-7H,4,8-9,19H2,1-3H3,(H,20,23,25). The van der Waals surface area contributed by atoms with Gasteiger partial charge in [-0.05, 0) is 37.5 Å². The van der Waals surface area contributed by atoms with Gasteiger partial charge in [0.1, 0.15) is 11.4 Å². The molecule has 3 N–H and O–H groups in total. The maximum absolute atomic E-state index is 12.3. The smallest absolute Gasteiger partial charge is 0.338 e. The molecule has 1 aromatic carbocycles. The molecule has 2 rings (SSSR count).